The van der Waals surface area contributed by atoms with Crippen molar-refractivity contribution in [2.75, 3.05) is 12.4 Å². The maximum absolute atomic E-state index is 11.5. The first-order valence-corrected chi connectivity index (χ1v) is 5.72. The molecule has 0 radical (unpaired) electrons. The summed E-state index contributed by atoms with van der Waals surface area (Å²) in [5.74, 6) is -0.347. The van der Waals surface area contributed by atoms with Gasteiger partial charge in [0.25, 0.3) is 0 Å². The summed E-state index contributed by atoms with van der Waals surface area (Å²) in [6, 6.07) is 0. The van der Waals surface area contributed by atoms with Crippen molar-refractivity contribution in [3.05, 3.63) is 12.4 Å². The van der Waals surface area contributed by atoms with Crippen LogP contribution in [0.4, 0.5) is 5.69 Å². The summed E-state index contributed by atoms with van der Waals surface area (Å²) >= 11 is 0. The van der Waals surface area contributed by atoms with Gasteiger partial charge in [0.2, 0.25) is 11.8 Å². The number of rotatable bonds is 6. The Morgan fingerprint density at radius 2 is 2.22 bits per heavy atom. The van der Waals surface area contributed by atoms with Gasteiger partial charge in [-0.05, 0) is 13.3 Å². The fourth-order valence-electron chi connectivity index (χ4n) is 1.30. The Kier molecular flexibility index (Phi) is 5.31. The number of carbonyl (C=O) groups excluding carboxylic acids is 2. The molecule has 0 aliphatic heterocycles. The minimum atomic E-state index is -0.494. The maximum atomic E-state index is 11.5. The third kappa shape index (κ3) is 4.96. The first-order chi connectivity index (χ1) is 8.51. The summed E-state index contributed by atoms with van der Waals surface area (Å²) in [5, 5.41) is 18.1. The largest absolute Gasteiger partial charge is 0.393 e. The second-order valence-corrected chi connectivity index (χ2v) is 4.04. The highest BCUT2D eigenvalue weighted by atomic mass is 16.3. The topological polar surface area (TPSA) is 96.2 Å². The van der Waals surface area contributed by atoms with Crippen LogP contribution in [-0.4, -0.2) is 39.9 Å². The van der Waals surface area contributed by atoms with Crippen molar-refractivity contribution in [2.45, 2.75) is 32.4 Å². The Morgan fingerprint density at radius 1 is 1.50 bits per heavy atom. The van der Waals surface area contributed by atoms with Crippen molar-refractivity contribution in [3.63, 3.8) is 0 Å². The highest BCUT2D eigenvalue weighted by Crippen LogP contribution is 2.06. The smallest absolute Gasteiger partial charge is 0.241 e. The number of aliphatic hydroxyl groups excluding tert-OH is 1. The summed E-state index contributed by atoms with van der Waals surface area (Å²) in [7, 11) is 1.55. The normalized spacial score (nSPS) is 11.9. The molecule has 0 saturated carbocycles. The molecule has 0 fully saturated rings. The van der Waals surface area contributed by atoms with Crippen LogP contribution in [-0.2, 0) is 16.1 Å². The van der Waals surface area contributed by atoms with Gasteiger partial charge in [-0.25, -0.2) is 0 Å². The van der Waals surface area contributed by atoms with Crippen LogP contribution in [0.2, 0.25) is 0 Å². The highest BCUT2D eigenvalue weighted by molar-refractivity contribution is 5.90. The molecule has 18 heavy (non-hydrogen) atoms. The number of nitrogens with zero attached hydrogens (tertiary/aromatic N) is 2. The fourth-order valence-corrected chi connectivity index (χ4v) is 1.30. The Labute approximate surface area is 105 Å². The fraction of sp³-hybridized carbons (Fsp3) is 0.545. The molecule has 1 heterocycles. The van der Waals surface area contributed by atoms with E-state index < -0.39 is 6.10 Å². The number of hydrogen-bond acceptors (Lipinski definition) is 4. The van der Waals surface area contributed by atoms with Crippen molar-refractivity contribution >= 4 is 17.5 Å². The average Bonchev–Trinajstić information content (AvgIpc) is 2.73. The summed E-state index contributed by atoms with van der Waals surface area (Å²) < 4.78 is 1.43. The van der Waals surface area contributed by atoms with E-state index >= 15 is 0 Å². The number of carbonyl (C=O) groups is 2. The number of aliphatic hydroxyl groups is 1. The van der Waals surface area contributed by atoms with E-state index in [0.717, 1.165) is 0 Å². The lowest BCUT2D eigenvalue weighted by atomic mass is 10.2. The molecule has 1 atom stereocenters. The molecule has 0 aliphatic rings. The Balaban J connectivity index is 2.43. The highest BCUT2D eigenvalue weighted by Gasteiger charge is 2.07. The molecular weight excluding hydrogens is 236 g/mol. The molecule has 1 rings (SSSR count). The number of anilines is 1. The van der Waals surface area contributed by atoms with Crippen LogP contribution in [0.1, 0.15) is 19.8 Å². The Hall–Kier alpha value is -1.89. The summed E-state index contributed by atoms with van der Waals surface area (Å²) in [6.07, 6.45) is 3.22. The van der Waals surface area contributed by atoms with Crippen LogP contribution in [0.25, 0.3) is 0 Å². The third-order valence-corrected chi connectivity index (χ3v) is 2.29. The van der Waals surface area contributed by atoms with Crippen LogP contribution in [0.5, 0.6) is 0 Å². The lowest BCUT2D eigenvalue weighted by Crippen LogP contribution is -2.23. The summed E-state index contributed by atoms with van der Waals surface area (Å²) in [6.45, 7) is 1.74. The van der Waals surface area contributed by atoms with Crippen molar-refractivity contribution in [3.8, 4) is 0 Å². The minimum Gasteiger partial charge on any atom is -0.393 e. The van der Waals surface area contributed by atoms with Gasteiger partial charge in [0.1, 0.15) is 6.54 Å². The zero-order chi connectivity index (χ0) is 13.5. The molecule has 7 heteroatoms. The molecular formula is C11H18N4O3. The van der Waals surface area contributed by atoms with Gasteiger partial charge in [-0.2, -0.15) is 5.10 Å². The van der Waals surface area contributed by atoms with Gasteiger partial charge in [-0.1, -0.05) is 0 Å². The van der Waals surface area contributed by atoms with E-state index in [0.29, 0.717) is 12.1 Å². The molecule has 1 aromatic rings. The SMILES string of the molecule is CNC(=O)Cn1cc(NC(=O)CCC(C)O)cn1. The van der Waals surface area contributed by atoms with Gasteiger partial charge in [-0.3, -0.25) is 14.3 Å². The van der Waals surface area contributed by atoms with E-state index in [1.54, 1.807) is 20.2 Å². The van der Waals surface area contributed by atoms with Crippen molar-refractivity contribution in [1.29, 1.82) is 0 Å². The number of likely N-dealkylation sites (N-methyl/N-ethyl adjacent to an activating group) is 1. The van der Waals surface area contributed by atoms with E-state index in [9.17, 15) is 9.59 Å². The van der Waals surface area contributed by atoms with Gasteiger partial charge >= 0.3 is 0 Å². The van der Waals surface area contributed by atoms with Crippen LogP contribution in [0.3, 0.4) is 0 Å². The van der Waals surface area contributed by atoms with Crippen LogP contribution < -0.4 is 10.6 Å². The maximum Gasteiger partial charge on any atom is 0.241 e. The van der Waals surface area contributed by atoms with Crippen LogP contribution in [0.15, 0.2) is 12.4 Å². The van der Waals surface area contributed by atoms with Gasteiger partial charge in [-0.15, -0.1) is 0 Å². The molecule has 1 unspecified atom stereocenters. The van der Waals surface area contributed by atoms with E-state index in [4.69, 9.17) is 5.11 Å². The van der Waals surface area contributed by atoms with Crippen LogP contribution in [0, 0.1) is 0 Å². The molecule has 100 valence electrons. The predicted molar refractivity (Wildman–Crippen MR) is 65.8 cm³/mol. The third-order valence-electron chi connectivity index (χ3n) is 2.29. The van der Waals surface area contributed by atoms with Crippen molar-refractivity contribution in [2.24, 2.45) is 0 Å². The predicted octanol–water partition coefficient (Wildman–Crippen LogP) is -0.271. The van der Waals surface area contributed by atoms with Gasteiger partial charge in [0.05, 0.1) is 18.0 Å². The van der Waals surface area contributed by atoms with E-state index in [2.05, 4.69) is 15.7 Å². The number of amides is 2. The number of hydrogen-bond donors (Lipinski definition) is 3. The molecule has 0 aliphatic carbocycles. The summed E-state index contributed by atoms with van der Waals surface area (Å²) in [4.78, 5) is 22.6. The van der Waals surface area contributed by atoms with Gasteiger partial charge in [0.15, 0.2) is 0 Å². The van der Waals surface area contributed by atoms with E-state index in [1.165, 1.54) is 10.9 Å². The van der Waals surface area contributed by atoms with Gasteiger partial charge < -0.3 is 15.7 Å². The molecule has 1 aromatic heterocycles. The standard InChI is InChI=1S/C11H18N4O3/c1-8(16)3-4-10(17)14-9-5-13-15(6-9)7-11(18)12-2/h5-6,8,16H,3-4,7H2,1-2H3,(H,12,18)(H,14,17). The second-order valence-electron chi connectivity index (χ2n) is 4.04. The Morgan fingerprint density at radius 3 is 2.83 bits per heavy atom. The molecule has 2 amide bonds. The number of aromatic nitrogens is 2. The molecule has 0 saturated heterocycles. The van der Waals surface area contributed by atoms with Crippen molar-refractivity contribution < 1.29 is 14.7 Å². The number of nitrogens with one attached hydrogen (secondary N) is 2. The first kappa shape index (κ1) is 14.2. The second kappa shape index (κ2) is 6.75. The summed E-state index contributed by atoms with van der Waals surface area (Å²) in [5.41, 5.74) is 0.537. The monoisotopic (exact) mass is 254 g/mol. The molecule has 3 N–H and O–H groups in total. The quantitative estimate of drug-likeness (QED) is 0.651. The zero-order valence-corrected chi connectivity index (χ0v) is 10.5. The molecule has 0 spiro atoms. The lowest BCUT2D eigenvalue weighted by molar-refractivity contribution is -0.121. The minimum absolute atomic E-state index is 0.111. The Bertz CT molecular complexity index is 414. The molecule has 7 nitrogen and oxygen atoms in total. The van der Waals surface area contributed by atoms with Crippen molar-refractivity contribution in [1.82, 2.24) is 15.1 Å². The average molecular weight is 254 g/mol. The lowest BCUT2D eigenvalue weighted by Gasteiger charge is -2.04. The van der Waals surface area contributed by atoms with E-state index in [1.807, 2.05) is 0 Å². The zero-order valence-electron chi connectivity index (χ0n) is 10.5. The van der Waals surface area contributed by atoms with E-state index in [-0.39, 0.29) is 24.8 Å². The first-order valence-electron chi connectivity index (χ1n) is 5.72. The van der Waals surface area contributed by atoms with Crippen LogP contribution >= 0.6 is 0 Å². The molecule has 0 bridgehead atoms. The molecule has 0 aromatic carbocycles. The van der Waals surface area contributed by atoms with Gasteiger partial charge in [0, 0.05) is 19.7 Å².